The van der Waals surface area contributed by atoms with Gasteiger partial charge in [0.25, 0.3) is 0 Å². The highest BCUT2D eigenvalue weighted by Crippen LogP contribution is 2.45. The molecule has 1 aliphatic carbocycles. The smallest absolute Gasteiger partial charge is 0.232 e. The topological polar surface area (TPSA) is 58.2 Å². The third kappa shape index (κ3) is 3.32. The summed E-state index contributed by atoms with van der Waals surface area (Å²) in [4.78, 5) is 24.4. The van der Waals surface area contributed by atoms with Gasteiger partial charge in [-0.15, -0.1) is 0 Å². The van der Waals surface area contributed by atoms with Crippen molar-refractivity contribution in [3.8, 4) is 0 Å². The summed E-state index contributed by atoms with van der Waals surface area (Å²) in [6.07, 6.45) is 0. The average Bonchev–Trinajstić information content (AvgIpc) is 3.23. The van der Waals surface area contributed by atoms with Crippen molar-refractivity contribution in [2.75, 3.05) is 10.6 Å². The van der Waals surface area contributed by atoms with Gasteiger partial charge in [0.2, 0.25) is 11.8 Å². The summed E-state index contributed by atoms with van der Waals surface area (Å²) in [5.41, 5.74) is 1.40. The summed E-state index contributed by atoms with van der Waals surface area (Å²) in [6, 6.07) is 10.7. The number of rotatable bonds is 4. The number of carbonyl (C=O) groups excluding carboxylic acids is 2. The number of carbonyl (C=O) groups is 2. The summed E-state index contributed by atoms with van der Waals surface area (Å²) in [5.74, 6) is -2.80. The monoisotopic (exact) mass is 328 g/mol. The lowest BCUT2D eigenvalue weighted by molar-refractivity contribution is -0.122. The highest BCUT2D eigenvalue weighted by Gasteiger charge is 2.52. The Bertz CT molecular complexity index is 733. The van der Waals surface area contributed by atoms with E-state index in [1.165, 1.54) is 48.5 Å². The van der Waals surface area contributed by atoms with Gasteiger partial charge in [0.1, 0.15) is 11.6 Å². The van der Waals surface area contributed by atoms with E-state index >= 15 is 0 Å². The van der Waals surface area contributed by atoms with Crippen LogP contribution in [0.25, 0.3) is 0 Å². The van der Waals surface area contributed by atoms with Crippen LogP contribution in [-0.4, -0.2) is 11.8 Å². The van der Waals surface area contributed by atoms with E-state index in [2.05, 4.69) is 17.2 Å². The fraction of sp³-hybridized carbons (Fsp3) is 0.111. The molecule has 6 heteroatoms. The molecular weight excluding hydrogens is 314 g/mol. The van der Waals surface area contributed by atoms with E-state index < -0.39 is 23.5 Å². The van der Waals surface area contributed by atoms with Crippen molar-refractivity contribution < 1.29 is 18.4 Å². The molecule has 2 atom stereocenters. The molecule has 2 amide bonds. The number of amides is 2. The fourth-order valence-corrected chi connectivity index (χ4v) is 2.46. The van der Waals surface area contributed by atoms with Crippen molar-refractivity contribution in [3.63, 3.8) is 0 Å². The Morgan fingerprint density at radius 1 is 0.750 bits per heavy atom. The standard InChI is InChI=1S/C18H14F2N2O2/c1-10-15(17(23)21-13-6-2-11(19)3-7-13)16(10)18(24)22-14-8-4-12(20)5-9-14/h2-9,15-16H,1H2,(H,21,23)(H,22,24)/t15-,16?/m0/s1. The first kappa shape index (κ1) is 15.9. The van der Waals surface area contributed by atoms with Crippen molar-refractivity contribution in [2.45, 2.75) is 0 Å². The van der Waals surface area contributed by atoms with E-state index in [0.29, 0.717) is 16.9 Å². The van der Waals surface area contributed by atoms with E-state index in [9.17, 15) is 18.4 Å². The zero-order chi connectivity index (χ0) is 17.3. The van der Waals surface area contributed by atoms with Gasteiger partial charge in [-0.05, 0) is 48.5 Å². The lowest BCUT2D eigenvalue weighted by Gasteiger charge is -2.05. The van der Waals surface area contributed by atoms with Gasteiger partial charge in [-0.25, -0.2) is 8.78 Å². The highest BCUT2D eigenvalue weighted by molar-refractivity contribution is 6.08. The second kappa shape index (κ2) is 6.23. The molecule has 0 bridgehead atoms. The maximum absolute atomic E-state index is 12.9. The molecule has 0 radical (unpaired) electrons. The van der Waals surface area contributed by atoms with Crippen molar-refractivity contribution >= 4 is 23.2 Å². The number of nitrogens with one attached hydrogen (secondary N) is 2. The first-order valence-electron chi connectivity index (χ1n) is 7.27. The molecule has 1 aliphatic rings. The van der Waals surface area contributed by atoms with Gasteiger partial charge in [0.05, 0.1) is 11.8 Å². The van der Waals surface area contributed by atoms with Crippen LogP contribution < -0.4 is 10.6 Å². The molecule has 3 rings (SSSR count). The molecule has 0 heterocycles. The molecule has 2 aromatic rings. The summed E-state index contributed by atoms with van der Waals surface area (Å²) in [7, 11) is 0. The molecule has 0 spiro atoms. The first-order chi connectivity index (χ1) is 11.5. The molecule has 0 aliphatic heterocycles. The maximum atomic E-state index is 12.9. The van der Waals surface area contributed by atoms with Crippen molar-refractivity contribution in [1.29, 1.82) is 0 Å². The van der Waals surface area contributed by atoms with Crippen LogP contribution in [0.1, 0.15) is 0 Å². The fourth-order valence-electron chi connectivity index (χ4n) is 2.46. The van der Waals surface area contributed by atoms with E-state index in [4.69, 9.17) is 0 Å². The van der Waals surface area contributed by atoms with Gasteiger partial charge in [-0.2, -0.15) is 0 Å². The zero-order valence-corrected chi connectivity index (χ0v) is 12.6. The van der Waals surface area contributed by atoms with Crippen LogP contribution in [0, 0.1) is 23.5 Å². The molecule has 122 valence electrons. The summed E-state index contributed by atoms with van der Waals surface area (Å²) >= 11 is 0. The first-order valence-corrected chi connectivity index (χ1v) is 7.27. The summed E-state index contributed by atoms with van der Waals surface area (Å²) in [6.45, 7) is 3.74. The van der Waals surface area contributed by atoms with Crippen LogP contribution in [0.2, 0.25) is 0 Å². The Morgan fingerprint density at radius 3 is 1.42 bits per heavy atom. The summed E-state index contributed by atoms with van der Waals surface area (Å²) in [5, 5.41) is 5.24. The van der Waals surface area contributed by atoms with Crippen LogP contribution >= 0.6 is 0 Å². The van der Waals surface area contributed by atoms with Gasteiger partial charge < -0.3 is 10.6 Å². The molecule has 1 unspecified atom stereocenters. The number of hydrogen-bond acceptors (Lipinski definition) is 2. The molecule has 0 aromatic heterocycles. The maximum Gasteiger partial charge on any atom is 0.232 e. The second-order valence-electron chi connectivity index (χ2n) is 5.52. The molecule has 24 heavy (non-hydrogen) atoms. The predicted molar refractivity (Wildman–Crippen MR) is 86.2 cm³/mol. The van der Waals surface area contributed by atoms with Crippen molar-refractivity contribution in [1.82, 2.24) is 0 Å². The third-order valence-corrected chi connectivity index (χ3v) is 3.81. The third-order valence-electron chi connectivity index (χ3n) is 3.81. The Kier molecular flexibility index (Phi) is 4.12. The number of halogens is 2. The zero-order valence-electron chi connectivity index (χ0n) is 12.6. The van der Waals surface area contributed by atoms with E-state index in [1.807, 2.05) is 0 Å². The largest absolute Gasteiger partial charge is 0.326 e. The minimum atomic E-state index is -0.629. The van der Waals surface area contributed by atoms with Crippen molar-refractivity contribution in [3.05, 3.63) is 72.3 Å². The van der Waals surface area contributed by atoms with Crippen LogP contribution in [0.15, 0.2) is 60.7 Å². The SMILES string of the molecule is C=C1C(C(=O)Nc2ccc(F)cc2)[C@H]1C(=O)Nc1ccc(F)cc1. The molecule has 1 fully saturated rings. The molecule has 4 nitrogen and oxygen atoms in total. The van der Waals surface area contributed by atoms with E-state index in [1.54, 1.807) is 0 Å². The number of hydrogen-bond donors (Lipinski definition) is 2. The molecule has 2 aromatic carbocycles. The van der Waals surface area contributed by atoms with Gasteiger partial charge >= 0.3 is 0 Å². The van der Waals surface area contributed by atoms with E-state index in [-0.39, 0.29) is 11.8 Å². The number of benzene rings is 2. The molecule has 0 saturated heterocycles. The highest BCUT2D eigenvalue weighted by atomic mass is 19.1. The molecule has 2 N–H and O–H groups in total. The van der Waals surface area contributed by atoms with Gasteiger partial charge in [-0.3, -0.25) is 9.59 Å². The Hall–Kier alpha value is -3.02. The molecular formula is C18H14F2N2O2. The quantitative estimate of drug-likeness (QED) is 0.846. The Balaban J connectivity index is 1.61. The minimum Gasteiger partial charge on any atom is -0.326 e. The minimum absolute atomic E-state index is 0.370. The summed E-state index contributed by atoms with van der Waals surface area (Å²) < 4.78 is 25.7. The normalized spacial score (nSPS) is 18.8. The lowest BCUT2D eigenvalue weighted by Crippen LogP contribution is -2.20. The Labute approximate surface area is 137 Å². The van der Waals surface area contributed by atoms with Gasteiger partial charge in [0, 0.05) is 11.4 Å². The van der Waals surface area contributed by atoms with Crippen LogP contribution in [-0.2, 0) is 9.59 Å². The van der Waals surface area contributed by atoms with Crippen LogP contribution in [0.5, 0.6) is 0 Å². The Morgan fingerprint density at radius 2 is 1.08 bits per heavy atom. The molecule has 1 saturated carbocycles. The lowest BCUT2D eigenvalue weighted by atomic mass is 10.2. The number of anilines is 2. The predicted octanol–water partition coefficient (Wildman–Crippen LogP) is 3.34. The average molecular weight is 328 g/mol. The second-order valence-corrected chi connectivity index (χ2v) is 5.52. The van der Waals surface area contributed by atoms with E-state index in [0.717, 1.165) is 0 Å². The van der Waals surface area contributed by atoms with Crippen LogP contribution in [0.4, 0.5) is 20.2 Å². The van der Waals surface area contributed by atoms with Crippen molar-refractivity contribution in [2.24, 2.45) is 11.8 Å². The van der Waals surface area contributed by atoms with Gasteiger partial charge in [-0.1, -0.05) is 12.2 Å². The van der Waals surface area contributed by atoms with Crippen LogP contribution in [0.3, 0.4) is 0 Å². The van der Waals surface area contributed by atoms with Gasteiger partial charge in [0.15, 0.2) is 0 Å².